The molecule has 0 saturated heterocycles. The van der Waals surface area contributed by atoms with E-state index in [0.717, 1.165) is 36.4 Å². The van der Waals surface area contributed by atoms with E-state index in [0.29, 0.717) is 18.1 Å². The van der Waals surface area contributed by atoms with Gasteiger partial charge >= 0.3 is 0 Å². The summed E-state index contributed by atoms with van der Waals surface area (Å²) in [5, 5.41) is 3.45. The zero-order valence-corrected chi connectivity index (χ0v) is 16.8. The van der Waals surface area contributed by atoms with Gasteiger partial charge in [-0.3, -0.25) is 0 Å². The quantitative estimate of drug-likeness (QED) is 0.503. The average Bonchev–Trinajstić information content (AvgIpc) is 2.77. The molecule has 0 aliphatic heterocycles. The monoisotopic (exact) mass is 395 g/mol. The van der Waals surface area contributed by atoms with Crippen LogP contribution in [0.3, 0.4) is 0 Å². The lowest BCUT2D eigenvalue weighted by molar-refractivity contribution is 0.284. The van der Waals surface area contributed by atoms with E-state index in [1.54, 1.807) is 26.4 Å². The Morgan fingerprint density at radius 3 is 2.28 bits per heavy atom. The Bertz CT molecular complexity index is 912. The number of halogens is 1. The van der Waals surface area contributed by atoms with Crippen molar-refractivity contribution >= 4 is 0 Å². The van der Waals surface area contributed by atoms with Crippen molar-refractivity contribution in [3.63, 3.8) is 0 Å². The highest BCUT2D eigenvalue weighted by Gasteiger charge is 2.07. The predicted octanol–water partition coefficient (Wildman–Crippen LogP) is 4.75. The number of methoxy groups -OCH3 is 2. The number of nitrogens with one attached hydrogen (secondary N) is 1. The van der Waals surface area contributed by atoms with Crippen molar-refractivity contribution in [1.29, 1.82) is 0 Å². The molecular weight excluding hydrogens is 369 g/mol. The molecule has 0 aromatic heterocycles. The van der Waals surface area contributed by atoms with E-state index in [9.17, 15) is 4.39 Å². The SMILES string of the molecule is COc1ccccc1CCNCc1ccc(OCc2ccc(F)cc2)c(OC)c1. The first-order chi connectivity index (χ1) is 14.2. The second-order valence-corrected chi connectivity index (χ2v) is 6.64. The maximum Gasteiger partial charge on any atom is 0.161 e. The standard InChI is InChI=1S/C24H26FNO3/c1-27-22-6-4-3-5-20(22)13-14-26-16-19-9-12-23(24(15-19)28-2)29-17-18-7-10-21(25)11-8-18/h3-12,15,26H,13-14,16-17H2,1-2H3. The third-order valence-electron chi connectivity index (χ3n) is 4.63. The number of hydrogen-bond donors (Lipinski definition) is 1. The van der Waals surface area contributed by atoms with Gasteiger partial charge in [-0.05, 0) is 60.0 Å². The van der Waals surface area contributed by atoms with E-state index in [-0.39, 0.29) is 5.82 Å². The van der Waals surface area contributed by atoms with Crippen molar-refractivity contribution in [3.05, 3.63) is 89.2 Å². The molecule has 0 aliphatic rings. The number of benzene rings is 3. The normalized spacial score (nSPS) is 10.6. The van der Waals surface area contributed by atoms with Gasteiger partial charge < -0.3 is 19.5 Å². The molecule has 4 nitrogen and oxygen atoms in total. The molecule has 0 amide bonds. The number of para-hydroxylation sites is 1. The Morgan fingerprint density at radius 2 is 1.52 bits per heavy atom. The van der Waals surface area contributed by atoms with Crippen LogP contribution >= 0.6 is 0 Å². The summed E-state index contributed by atoms with van der Waals surface area (Å²) in [6.45, 7) is 1.92. The second kappa shape index (κ2) is 10.5. The summed E-state index contributed by atoms with van der Waals surface area (Å²) < 4.78 is 29.7. The van der Waals surface area contributed by atoms with Crippen molar-refractivity contribution < 1.29 is 18.6 Å². The molecular formula is C24H26FNO3. The van der Waals surface area contributed by atoms with E-state index in [2.05, 4.69) is 11.4 Å². The second-order valence-electron chi connectivity index (χ2n) is 6.64. The van der Waals surface area contributed by atoms with E-state index in [1.807, 2.05) is 36.4 Å². The molecule has 0 atom stereocenters. The van der Waals surface area contributed by atoms with Gasteiger partial charge in [0.15, 0.2) is 11.5 Å². The van der Waals surface area contributed by atoms with Gasteiger partial charge in [-0.1, -0.05) is 36.4 Å². The minimum Gasteiger partial charge on any atom is -0.496 e. The van der Waals surface area contributed by atoms with Gasteiger partial charge in [0.1, 0.15) is 18.2 Å². The molecule has 1 N–H and O–H groups in total. The maximum atomic E-state index is 13.0. The lowest BCUT2D eigenvalue weighted by atomic mass is 10.1. The van der Waals surface area contributed by atoms with E-state index < -0.39 is 0 Å². The predicted molar refractivity (Wildman–Crippen MR) is 112 cm³/mol. The molecule has 0 heterocycles. The minimum atomic E-state index is -0.256. The van der Waals surface area contributed by atoms with Crippen LogP contribution in [0.25, 0.3) is 0 Å². The fraction of sp³-hybridized carbons (Fsp3) is 0.250. The lowest BCUT2D eigenvalue weighted by Gasteiger charge is -2.13. The number of ether oxygens (including phenoxy) is 3. The van der Waals surface area contributed by atoms with Gasteiger partial charge in [0, 0.05) is 6.54 Å². The third kappa shape index (κ3) is 5.96. The summed E-state index contributed by atoms with van der Waals surface area (Å²) in [7, 11) is 3.32. The Kier molecular flexibility index (Phi) is 7.47. The van der Waals surface area contributed by atoms with Crippen LogP contribution in [0.2, 0.25) is 0 Å². The third-order valence-corrected chi connectivity index (χ3v) is 4.63. The van der Waals surface area contributed by atoms with Crippen LogP contribution in [0.1, 0.15) is 16.7 Å². The van der Waals surface area contributed by atoms with Crippen LogP contribution in [-0.2, 0) is 19.6 Å². The Balaban J connectivity index is 1.52. The van der Waals surface area contributed by atoms with Gasteiger partial charge in [-0.15, -0.1) is 0 Å². The summed E-state index contributed by atoms with van der Waals surface area (Å²) in [5.74, 6) is 2.00. The van der Waals surface area contributed by atoms with Crippen molar-refractivity contribution in [2.24, 2.45) is 0 Å². The van der Waals surface area contributed by atoms with Gasteiger partial charge in [0.2, 0.25) is 0 Å². The van der Waals surface area contributed by atoms with Crippen molar-refractivity contribution in [2.45, 2.75) is 19.6 Å². The topological polar surface area (TPSA) is 39.7 Å². The van der Waals surface area contributed by atoms with E-state index in [4.69, 9.17) is 14.2 Å². The molecule has 3 aromatic carbocycles. The Hall–Kier alpha value is -3.05. The summed E-state index contributed by atoms with van der Waals surface area (Å²) in [4.78, 5) is 0. The molecule has 3 aromatic rings. The molecule has 0 bridgehead atoms. The molecule has 0 aliphatic carbocycles. The zero-order valence-electron chi connectivity index (χ0n) is 16.8. The number of rotatable bonds is 10. The average molecular weight is 395 g/mol. The van der Waals surface area contributed by atoms with Crippen LogP contribution in [0, 0.1) is 5.82 Å². The Labute approximate surface area is 171 Å². The Morgan fingerprint density at radius 1 is 0.793 bits per heavy atom. The van der Waals surface area contributed by atoms with Crippen LogP contribution in [-0.4, -0.2) is 20.8 Å². The molecule has 5 heteroatoms. The largest absolute Gasteiger partial charge is 0.496 e. The molecule has 3 rings (SSSR count). The van der Waals surface area contributed by atoms with Crippen molar-refractivity contribution in [1.82, 2.24) is 5.32 Å². The van der Waals surface area contributed by atoms with Crippen molar-refractivity contribution in [2.75, 3.05) is 20.8 Å². The highest BCUT2D eigenvalue weighted by Crippen LogP contribution is 2.29. The molecule has 0 unspecified atom stereocenters. The highest BCUT2D eigenvalue weighted by molar-refractivity contribution is 5.43. The summed E-state index contributed by atoms with van der Waals surface area (Å²) in [6.07, 6.45) is 0.889. The first-order valence-electron chi connectivity index (χ1n) is 9.56. The summed E-state index contributed by atoms with van der Waals surface area (Å²) in [6, 6.07) is 20.2. The fourth-order valence-electron chi connectivity index (χ4n) is 3.05. The summed E-state index contributed by atoms with van der Waals surface area (Å²) >= 11 is 0. The van der Waals surface area contributed by atoms with Gasteiger partial charge in [-0.2, -0.15) is 0 Å². The van der Waals surface area contributed by atoms with E-state index in [1.165, 1.54) is 17.7 Å². The zero-order chi connectivity index (χ0) is 20.5. The number of hydrogen-bond acceptors (Lipinski definition) is 4. The van der Waals surface area contributed by atoms with Crippen LogP contribution < -0.4 is 19.5 Å². The van der Waals surface area contributed by atoms with E-state index >= 15 is 0 Å². The van der Waals surface area contributed by atoms with Gasteiger partial charge in [0.05, 0.1) is 14.2 Å². The molecule has 0 saturated carbocycles. The smallest absolute Gasteiger partial charge is 0.161 e. The van der Waals surface area contributed by atoms with Crippen LogP contribution in [0.5, 0.6) is 17.2 Å². The van der Waals surface area contributed by atoms with Crippen LogP contribution in [0.15, 0.2) is 66.7 Å². The molecule has 29 heavy (non-hydrogen) atoms. The lowest BCUT2D eigenvalue weighted by Crippen LogP contribution is -2.17. The van der Waals surface area contributed by atoms with Gasteiger partial charge in [0.25, 0.3) is 0 Å². The minimum absolute atomic E-state index is 0.256. The fourth-order valence-corrected chi connectivity index (χ4v) is 3.05. The highest BCUT2D eigenvalue weighted by atomic mass is 19.1. The summed E-state index contributed by atoms with van der Waals surface area (Å²) in [5.41, 5.74) is 3.19. The van der Waals surface area contributed by atoms with Crippen molar-refractivity contribution in [3.8, 4) is 17.2 Å². The first kappa shape index (κ1) is 20.7. The molecule has 0 spiro atoms. The van der Waals surface area contributed by atoms with Crippen LogP contribution in [0.4, 0.5) is 4.39 Å². The molecule has 0 radical (unpaired) electrons. The first-order valence-corrected chi connectivity index (χ1v) is 9.56. The van der Waals surface area contributed by atoms with Gasteiger partial charge in [-0.25, -0.2) is 4.39 Å². The molecule has 0 fully saturated rings. The maximum absolute atomic E-state index is 13.0. The molecule has 152 valence electrons.